The Balaban J connectivity index is 1.74. The minimum Gasteiger partial charge on any atom is -0.383 e. The Hall–Kier alpha value is -2.87. The molecule has 0 amide bonds. The van der Waals surface area contributed by atoms with Crippen molar-refractivity contribution in [1.82, 2.24) is 9.97 Å². The van der Waals surface area contributed by atoms with Gasteiger partial charge < -0.3 is 10.6 Å². The maximum Gasteiger partial charge on any atom is 0.216 e. The number of carbonyl (C=O) groups is 1. The molecule has 1 aliphatic carbocycles. The molecule has 0 bridgehead atoms. The third-order valence-corrected chi connectivity index (χ3v) is 4.85. The first kappa shape index (κ1) is 16.6. The van der Waals surface area contributed by atoms with E-state index in [-0.39, 0.29) is 11.6 Å². The van der Waals surface area contributed by atoms with Crippen molar-refractivity contribution in [1.29, 1.82) is 0 Å². The third kappa shape index (κ3) is 3.55. The Morgan fingerprint density at radius 2 is 1.96 bits per heavy atom. The Morgan fingerprint density at radius 1 is 1.15 bits per heavy atom. The van der Waals surface area contributed by atoms with Gasteiger partial charge >= 0.3 is 0 Å². The Kier molecular flexibility index (Phi) is 4.57. The lowest BCUT2D eigenvalue weighted by atomic mass is 10.0. The molecule has 0 atom stereocenters. The second kappa shape index (κ2) is 7.17. The number of nitrogen functional groups attached to an aromatic ring is 1. The largest absolute Gasteiger partial charge is 0.383 e. The van der Waals surface area contributed by atoms with Crippen molar-refractivity contribution in [2.75, 3.05) is 23.7 Å². The SMILES string of the molecule is Nc1ncccc1C(=O)c1nc(N2CCCCC2)ccc1C#CC1CC1. The van der Waals surface area contributed by atoms with Crippen LogP contribution in [0.4, 0.5) is 11.6 Å². The summed E-state index contributed by atoms with van der Waals surface area (Å²) in [5.74, 6) is 7.71. The van der Waals surface area contributed by atoms with Gasteiger partial charge in [0, 0.05) is 25.2 Å². The summed E-state index contributed by atoms with van der Waals surface area (Å²) in [4.78, 5) is 24.1. The molecule has 5 nitrogen and oxygen atoms in total. The van der Waals surface area contributed by atoms with Crippen molar-refractivity contribution < 1.29 is 4.79 Å². The zero-order valence-corrected chi connectivity index (χ0v) is 14.7. The predicted molar refractivity (Wildman–Crippen MR) is 102 cm³/mol. The van der Waals surface area contributed by atoms with Crippen LogP contribution in [0.5, 0.6) is 0 Å². The summed E-state index contributed by atoms with van der Waals surface area (Å²) in [7, 11) is 0. The van der Waals surface area contributed by atoms with E-state index >= 15 is 0 Å². The van der Waals surface area contributed by atoms with Gasteiger partial charge in [0.1, 0.15) is 17.3 Å². The molecule has 132 valence electrons. The van der Waals surface area contributed by atoms with E-state index in [2.05, 4.69) is 21.7 Å². The monoisotopic (exact) mass is 346 g/mol. The molecule has 2 aromatic heterocycles. The summed E-state index contributed by atoms with van der Waals surface area (Å²) in [6, 6.07) is 7.31. The Labute approximate surface area is 153 Å². The van der Waals surface area contributed by atoms with E-state index in [1.54, 1.807) is 18.3 Å². The van der Waals surface area contributed by atoms with Crippen LogP contribution in [0.15, 0.2) is 30.5 Å². The zero-order valence-electron chi connectivity index (χ0n) is 14.7. The van der Waals surface area contributed by atoms with Crippen molar-refractivity contribution in [3.8, 4) is 11.8 Å². The van der Waals surface area contributed by atoms with Crippen LogP contribution in [0.25, 0.3) is 0 Å². The fourth-order valence-electron chi connectivity index (χ4n) is 3.17. The van der Waals surface area contributed by atoms with Crippen LogP contribution in [0, 0.1) is 17.8 Å². The highest BCUT2D eigenvalue weighted by Crippen LogP contribution is 2.28. The van der Waals surface area contributed by atoms with Gasteiger partial charge in [0.2, 0.25) is 5.78 Å². The number of hydrogen-bond donors (Lipinski definition) is 1. The number of piperidine rings is 1. The molecular formula is C21H22N4O. The number of nitrogens with zero attached hydrogens (tertiary/aromatic N) is 3. The van der Waals surface area contributed by atoms with Crippen molar-refractivity contribution in [3.63, 3.8) is 0 Å². The van der Waals surface area contributed by atoms with E-state index in [0.29, 0.717) is 22.7 Å². The number of carbonyl (C=O) groups excluding carboxylic acids is 1. The second-order valence-corrected chi connectivity index (χ2v) is 6.92. The van der Waals surface area contributed by atoms with Crippen LogP contribution in [-0.2, 0) is 0 Å². The summed E-state index contributed by atoms with van der Waals surface area (Å²) in [5.41, 5.74) is 7.34. The summed E-state index contributed by atoms with van der Waals surface area (Å²) < 4.78 is 0. The first-order chi connectivity index (χ1) is 12.7. The smallest absolute Gasteiger partial charge is 0.216 e. The van der Waals surface area contributed by atoms with Gasteiger partial charge in [-0.2, -0.15) is 0 Å². The lowest BCUT2D eigenvalue weighted by molar-refractivity contribution is 0.103. The van der Waals surface area contributed by atoms with Gasteiger partial charge in [-0.1, -0.05) is 11.8 Å². The Morgan fingerprint density at radius 3 is 2.69 bits per heavy atom. The van der Waals surface area contributed by atoms with Gasteiger partial charge in [0.25, 0.3) is 0 Å². The van der Waals surface area contributed by atoms with Gasteiger partial charge in [-0.15, -0.1) is 0 Å². The topological polar surface area (TPSA) is 72.1 Å². The molecule has 2 aromatic rings. The minimum absolute atomic E-state index is 0.213. The molecule has 1 saturated heterocycles. The molecule has 2 aliphatic rings. The standard InChI is InChI=1S/C21H22N4O/c22-21-17(5-4-12-23-21)20(26)19-16(9-8-15-6-7-15)10-11-18(24-19)25-13-2-1-3-14-25/h4-5,10-12,15H,1-3,6-7,13-14H2,(H2,22,23). The molecule has 0 radical (unpaired) electrons. The fraction of sp³-hybridized carbons (Fsp3) is 0.381. The van der Waals surface area contributed by atoms with Crippen molar-refractivity contribution in [2.24, 2.45) is 5.92 Å². The highest BCUT2D eigenvalue weighted by Gasteiger charge is 2.22. The lowest BCUT2D eigenvalue weighted by Gasteiger charge is -2.28. The van der Waals surface area contributed by atoms with Crippen LogP contribution in [0.3, 0.4) is 0 Å². The van der Waals surface area contributed by atoms with Gasteiger partial charge in [-0.25, -0.2) is 9.97 Å². The van der Waals surface area contributed by atoms with Crippen LogP contribution < -0.4 is 10.6 Å². The highest BCUT2D eigenvalue weighted by atomic mass is 16.1. The number of anilines is 2. The van der Waals surface area contributed by atoms with E-state index in [1.165, 1.54) is 6.42 Å². The number of hydrogen-bond acceptors (Lipinski definition) is 5. The molecule has 2 N–H and O–H groups in total. The summed E-state index contributed by atoms with van der Waals surface area (Å²) >= 11 is 0. The summed E-state index contributed by atoms with van der Waals surface area (Å²) in [6.45, 7) is 1.95. The average Bonchev–Trinajstić information content (AvgIpc) is 3.51. The van der Waals surface area contributed by atoms with Crippen molar-refractivity contribution in [3.05, 3.63) is 47.3 Å². The molecule has 5 heteroatoms. The van der Waals surface area contributed by atoms with Gasteiger partial charge in [0.05, 0.1) is 11.1 Å². The molecular weight excluding hydrogens is 324 g/mol. The molecule has 1 saturated carbocycles. The number of aromatic nitrogens is 2. The second-order valence-electron chi connectivity index (χ2n) is 6.92. The maximum absolute atomic E-state index is 13.1. The molecule has 0 unspecified atom stereocenters. The quantitative estimate of drug-likeness (QED) is 0.683. The Bertz CT molecular complexity index is 886. The van der Waals surface area contributed by atoms with Crippen LogP contribution in [0.2, 0.25) is 0 Å². The first-order valence-corrected chi connectivity index (χ1v) is 9.25. The normalized spacial score (nSPS) is 16.7. The minimum atomic E-state index is -0.213. The zero-order chi connectivity index (χ0) is 17.9. The lowest BCUT2D eigenvalue weighted by Crippen LogP contribution is -2.30. The van der Waals surface area contributed by atoms with Crippen molar-refractivity contribution >= 4 is 17.4 Å². The molecule has 26 heavy (non-hydrogen) atoms. The summed E-state index contributed by atoms with van der Waals surface area (Å²) in [5, 5.41) is 0. The van der Waals surface area contributed by atoms with Crippen LogP contribution >= 0.6 is 0 Å². The third-order valence-electron chi connectivity index (χ3n) is 4.85. The number of pyridine rings is 2. The molecule has 1 aliphatic heterocycles. The van der Waals surface area contributed by atoms with Crippen LogP contribution in [-0.4, -0.2) is 28.8 Å². The van der Waals surface area contributed by atoms with Gasteiger partial charge in [0.15, 0.2) is 0 Å². The van der Waals surface area contributed by atoms with Crippen molar-refractivity contribution in [2.45, 2.75) is 32.1 Å². The summed E-state index contributed by atoms with van der Waals surface area (Å²) in [6.07, 6.45) is 7.43. The molecule has 4 rings (SSSR count). The number of rotatable bonds is 3. The fourth-order valence-corrected chi connectivity index (χ4v) is 3.17. The molecule has 3 heterocycles. The average molecular weight is 346 g/mol. The predicted octanol–water partition coefficient (Wildman–Crippen LogP) is 3.04. The first-order valence-electron chi connectivity index (χ1n) is 9.25. The van der Waals surface area contributed by atoms with E-state index in [1.807, 2.05) is 12.1 Å². The molecule has 0 spiro atoms. The van der Waals surface area contributed by atoms with E-state index in [4.69, 9.17) is 10.7 Å². The van der Waals surface area contributed by atoms with Gasteiger partial charge in [-0.3, -0.25) is 4.79 Å². The highest BCUT2D eigenvalue weighted by molar-refractivity contribution is 6.11. The number of nitrogens with two attached hydrogens (primary N) is 1. The van der Waals surface area contributed by atoms with E-state index in [9.17, 15) is 4.79 Å². The van der Waals surface area contributed by atoms with E-state index in [0.717, 1.165) is 44.6 Å². The molecule has 2 fully saturated rings. The molecule has 0 aromatic carbocycles. The van der Waals surface area contributed by atoms with Gasteiger partial charge in [-0.05, 0) is 56.4 Å². The van der Waals surface area contributed by atoms with Crippen LogP contribution in [0.1, 0.15) is 53.7 Å². The maximum atomic E-state index is 13.1. The number of ketones is 1. The van der Waals surface area contributed by atoms with E-state index < -0.39 is 0 Å².